The second kappa shape index (κ2) is 7.22. The van der Waals surface area contributed by atoms with Gasteiger partial charge in [0.15, 0.2) is 0 Å². The van der Waals surface area contributed by atoms with Crippen LogP contribution >= 0.6 is 11.6 Å². The molecule has 0 aliphatic carbocycles. The van der Waals surface area contributed by atoms with Crippen molar-refractivity contribution in [2.75, 3.05) is 13.2 Å². The molecule has 2 rings (SSSR count). The summed E-state index contributed by atoms with van der Waals surface area (Å²) in [7, 11) is 0. The van der Waals surface area contributed by atoms with E-state index in [1.54, 1.807) is 12.1 Å². The van der Waals surface area contributed by atoms with Crippen molar-refractivity contribution in [1.29, 1.82) is 0 Å². The molecule has 2 atom stereocenters. The first kappa shape index (κ1) is 14.8. The second-order valence-electron chi connectivity index (χ2n) is 4.99. The van der Waals surface area contributed by atoms with E-state index in [2.05, 4.69) is 5.32 Å². The normalized spacial score (nSPS) is 20.7. The Balaban J connectivity index is 2.01. The van der Waals surface area contributed by atoms with Crippen molar-refractivity contribution in [3.63, 3.8) is 0 Å². The molecule has 1 saturated heterocycles. The highest BCUT2D eigenvalue weighted by Crippen LogP contribution is 2.27. The molecule has 1 heterocycles. The molecular formula is C15H21ClFNO. The van der Waals surface area contributed by atoms with Crippen LogP contribution in [0.4, 0.5) is 4.39 Å². The van der Waals surface area contributed by atoms with Gasteiger partial charge in [-0.25, -0.2) is 4.39 Å². The van der Waals surface area contributed by atoms with E-state index in [9.17, 15) is 4.39 Å². The minimum Gasteiger partial charge on any atom is -0.378 e. The Kier molecular flexibility index (Phi) is 5.61. The summed E-state index contributed by atoms with van der Waals surface area (Å²) in [5, 5.41) is 3.78. The van der Waals surface area contributed by atoms with E-state index in [4.69, 9.17) is 16.3 Å². The summed E-state index contributed by atoms with van der Waals surface area (Å²) in [4.78, 5) is 0. The molecule has 1 fully saturated rings. The first-order valence-corrected chi connectivity index (χ1v) is 7.38. The van der Waals surface area contributed by atoms with Crippen molar-refractivity contribution in [1.82, 2.24) is 5.32 Å². The first-order valence-electron chi connectivity index (χ1n) is 7.00. The largest absolute Gasteiger partial charge is 0.378 e. The van der Waals surface area contributed by atoms with Gasteiger partial charge in [-0.05, 0) is 44.4 Å². The summed E-state index contributed by atoms with van der Waals surface area (Å²) in [6.07, 6.45) is 4.47. The van der Waals surface area contributed by atoms with Gasteiger partial charge in [-0.2, -0.15) is 0 Å². The van der Waals surface area contributed by atoms with Gasteiger partial charge >= 0.3 is 0 Å². The molecule has 0 amide bonds. The lowest BCUT2D eigenvalue weighted by Crippen LogP contribution is -2.23. The van der Waals surface area contributed by atoms with E-state index in [1.807, 2.05) is 6.92 Å². The highest BCUT2D eigenvalue weighted by Gasteiger charge is 2.20. The molecule has 4 heteroatoms. The lowest BCUT2D eigenvalue weighted by molar-refractivity contribution is 0.0995. The van der Waals surface area contributed by atoms with Crippen molar-refractivity contribution in [2.45, 2.75) is 44.8 Å². The van der Waals surface area contributed by atoms with Crippen LogP contribution in [0.1, 0.15) is 44.2 Å². The van der Waals surface area contributed by atoms with Gasteiger partial charge in [-0.1, -0.05) is 24.6 Å². The summed E-state index contributed by atoms with van der Waals surface area (Å²) in [5.74, 6) is -0.231. The highest BCUT2D eigenvalue weighted by molar-refractivity contribution is 6.30. The third-order valence-corrected chi connectivity index (χ3v) is 3.82. The van der Waals surface area contributed by atoms with Crippen molar-refractivity contribution in [3.8, 4) is 0 Å². The Morgan fingerprint density at radius 1 is 1.53 bits per heavy atom. The van der Waals surface area contributed by atoms with E-state index in [-0.39, 0.29) is 11.9 Å². The molecule has 106 valence electrons. The third kappa shape index (κ3) is 4.16. The molecule has 2 unspecified atom stereocenters. The van der Waals surface area contributed by atoms with Crippen molar-refractivity contribution >= 4 is 11.6 Å². The molecule has 1 N–H and O–H groups in total. The fourth-order valence-electron chi connectivity index (χ4n) is 2.62. The van der Waals surface area contributed by atoms with Crippen LogP contribution in [0.3, 0.4) is 0 Å². The Morgan fingerprint density at radius 2 is 2.37 bits per heavy atom. The van der Waals surface area contributed by atoms with Crippen LogP contribution in [0.25, 0.3) is 0 Å². The Bertz CT molecular complexity index is 407. The van der Waals surface area contributed by atoms with Gasteiger partial charge in [0.25, 0.3) is 0 Å². The predicted octanol–water partition coefficient (Wildman–Crippen LogP) is 4.09. The van der Waals surface area contributed by atoms with Crippen LogP contribution in [0.2, 0.25) is 5.02 Å². The zero-order valence-electron chi connectivity index (χ0n) is 11.3. The summed E-state index contributed by atoms with van der Waals surface area (Å²) >= 11 is 5.80. The summed E-state index contributed by atoms with van der Waals surface area (Å²) in [6.45, 7) is 3.72. The maximum Gasteiger partial charge on any atom is 0.129 e. The van der Waals surface area contributed by atoms with Gasteiger partial charge in [0.2, 0.25) is 0 Å². The maximum absolute atomic E-state index is 14.0. The van der Waals surface area contributed by atoms with Crippen LogP contribution in [-0.2, 0) is 4.74 Å². The smallest absolute Gasteiger partial charge is 0.129 e. The van der Waals surface area contributed by atoms with Gasteiger partial charge in [-0.15, -0.1) is 0 Å². The number of ether oxygens (including phenoxy) is 1. The van der Waals surface area contributed by atoms with Gasteiger partial charge in [0.1, 0.15) is 5.82 Å². The number of benzene rings is 1. The topological polar surface area (TPSA) is 21.3 Å². The van der Waals surface area contributed by atoms with Crippen molar-refractivity contribution in [2.24, 2.45) is 0 Å². The molecule has 0 bridgehead atoms. The van der Waals surface area contributed by atoms with Crippen molar-refractivity contribution in [3.05, 3.63) is 34.6 Å². The van der Waals surface area contributed by atoms with Crippen molar-refractivity contribution < 1.29 is 9.13 Å². The van der Waals surface area contributed by atoms with Crippen LogP contribution in [-0.4, -0.2) is 19.3 Å². The van der Waals surface area contributed by atoms with E-state index in [0.717, 1.165) is 38.8 Å². The van der Waals surface area contributed by atoms with Crippen LogP contribution in [0.15, 0.2) is 18.2 Å². The van der Waals surface area contributed by atoms with Crippen LogP contribution < -0.4 is 5.32 Å². The van der Waals surface area contributed by atoms with Crippen LogP contribution in [0, 0.1) is 5.82 Å². The Labute approximate surface area is 119 Å². The average molecular weight is 286 g/mol. The molecule has 2 nitrogen and oxygen atoms in total. The van der Waals surface area contributed by atoms with Crippen LogP contribution in [0.5, 0.6) is 0 Å². The van der Waals surface area contributed by atoms with Gasteiger partial charge in [-0.3, -0.25) is 0 Å². The molecule has 1 aliphatic rings. The van der Waals surface area contributed by atoms with E-state index in [1.165, 1.54) is 6.07 Å². The fraction of sp³-hybridized carbons (Fsp3) is 0.600. The minimum absolute atomic E-state index is 0.0338. The summed E-state index contributed by atoms with van der Waals surface area (Å²) in [5.41, 5.74) is 0.698. The third-order valence-electron chi connectivity index (χ3n) is 3.59. The lowest BCUT2D eigenvalue weighted by Gasteiger charge is -2.20. The van der Waals surface area contributed by atoms with Gasteiger partial charge in [0, 0.05) is 23.2 Å². The molecule has 0 spiro atoms. The minimum atomic E-state index is -0.231. The summed E-state index contributed by atoms with van der Waals surface area (Å²) in [6, 6.07) is 4.94. The number of hydrogen-bond donors (Lipinski definition) is 1. The summed E-state index contributed by atoms with van der Waals surface area (Å²) < 4.78 is 19.6. The van der Waals surface area contributed by atoms with E-state index >= 15 is 0 Å². The molecule has 19 heavy (non-hydrogen) atoms. The molecule has 0 saturated carbocycles. The maximum atomic E-state index is 14.0. The zero-order chi connectivity index (χ0) is 13.7. The standard InChI is InChI=1S/C15H21ClFNO/c1-2-18-15(8-6-12-4-3-9-19-12)13-7-5-11(16)10-14(13)17/h5,7,10,12,15,18H,2-4,6,8-9H2,1H3. The highest BCUT2D eigenvalue weighted by atomic mass is 35.5. The number of hydrogen-bond acceptors (Lipinski definition) is 2. The van der Waals surface area contributed by atoms with Gasteiger partial charge < -0.3 is 10.1 Å². The lowest BCUT2D eigenvalue weighted by atomic mass is 9.98. The first-order chi connectivity index (χ1) is 9.20. The Morgan fingerprint density at radius 3 is 3.00 bits per heavy atom. The number of rotatable bonds is 6. The van der Waals surface area contributed by atoms with E-state index < -0.39 is 0 Å². The molecule has 1 aromatic carbocycles. The molecule has 1 aliphatic heterocycles. The van der Waals surface area contributed by atoms with E-state index in [0.29, 0.717) is 16.7 Å². The molecule has 1 aromatic rings. The fourth-order valence-corrected chi connectivity index (χ4v) is 2.78. The molecule has 0 radical (unpaired) electrons. The number of halogens is 2. The monoisotopic (exact) mass is 285 g/mol. The molecular weight excluding hydrogens is 265 g/mol. The number of nitrogens with one attached hydrogen (secondary N) is 1. The Hall–Kier alpha value is -0.640. The molecule has 0 aromatic heterocycles. The van der Waals surface area contributed by atoms with Gasteiger partial charge in [0.05, 0.1) is 6.10 Å². The SMILES string of the molecule is CCNC(CCC1CCCO1)c1ccc(Cl)cc1F. The zero-order valence-corrected chi connectivity index (χ0v) is 12.0. The second-order valence-corrected chi connectivity index (χ2v) is 5.42. The average Bonchev–Trinajstić information content (AvgIpc) is 2.88. The predicted molar refractivity (Wildman–Crippen MR) is 76.0 cm³/mol. The quantitative estimate of drug-likeness (QED) is 0.850.